The monoisotopic (exact) mass is 490 g/mol. The first-order valence-corrected chi connectivity index (χ1v) is 10.8. The highest BCUT2D eigenvalue weighted by Gasteiger charge is 2.20. The van der Waals surface area contributed by atoms with Crippen LogP contribution in [-0.2, 0) is 14.6 Å². The summed E-state index contributed by atoms with van der Waals surface area (Å²) in [7, 11) is -2.80. The molecule has 0 aromatic carbocycles. The smallest absolute Gasteiger partial charge is 0.191 e. The Hall–Kier alpha value is -0.130. The Morgan fingerprint density at radius 1 is 1.24 bits per heavy atom. The van der Waals surface area contributed by atoms with E-state index in [2.05, 4.69) is 34.4 Å². The Kier molecular flexibility index (Phi) is 13.9. The minimum absolute atomic E-state index is 0. The quantitative estimate of drug-likeness (QED) is 0.206. The maximum atomic E-state index is 11.4. The van der Waals surface area contributed by atoms with Gasteiger partial charge in [-0.25, -0.2) is 8.42 Å². The zero-order chi connectivity index (χ0) is 17.8. The summed E-state index contributed by atoms with van der Waals surface area (Å²) in [6, 6.07) is 0. The lowest BCUT2D eigenvalue weighted by atomic mass is 10.2. The van der Waals surface area contributed by atoms with Crippen LogP contribution in [0, 0.1) is 5.92 Å². The Morgan fingerprint density at radius 3 is 2.52 bits per heavy atom. The predicted octanol–water partition coefficient (Wildman–Crippen LogP) is 0.953. The summed E-state index contributed by atoms with van der Waals surface area (Å²) in [6.07, 6.45) is 0.910. The van der Waals surface area contributed by atoms with Gasteiger partial charge in [0.15, 0.2) is 15.8 Å². The molecule has 7 nitrogen and oxygen atoms in total. The van der Waals surface area contributed by atoms with Crippen LogP contribution in [0.2, 0.25) is 0 Å². The van der Waals surface area contributed by atoms with Crippen LogP contribution < -0.4 is 10.6 Å². The van der Waals surface area contributed by atoms with Gasteiger partial charge in [0, 0.05) is 52.5 Å². The third-order valence-corrected chi connectivity index (χ3v) is 5.28. The van der Waals surface area contributed by atoms with Crippen LogP contribution in [0.25, 0.3) is 0 Å². The van der Waals surface area contributed by atoms with Crippen molar-refractivity contribution in [2.45, 2.75) is 27.2 Å². The summed E-state index contributed by atoms with van der Waals surface area (Å²) in [4.78, 5) is 6.71. The van der Waals surface area contributed by atoms with Crippen LogP contribution in [0.15, 0.2) is 4.99 Å². The minimum atomic E-state index is -2.80. The zero-order valence-corrected chi connectivity index (χ0v) is 18.9. The maximum Gasteiger partial charge on any atom is 0.191 e. The van der Waals surface area contributed by atoms with Gasteiger partial charge in [-0.1, -0.05) is 13.8 Å². The van der Waals surface area contributed by atoms with Crippen molar-refractivity contribution in [1.82, 2.24) is 15.5 Å². The molecule has 1 fully saturated rings. The second-order valence-corrected chi connectivity index (χ2v) is 8.81. The Morgan fingerprint density at radius 2 is 1.92 bits per heavy atom. The summed E-state index contributed by atoms with van der Waals surface area (Å²) in [6.45, 7) is 12.3. The molecule has 25 heavy (non-hydrogen) atoms. The standard InChI is InChI=1S/C16H34N4O3S.HI/c1-4-17-16(18-6-5-11-23-14-15(2)3)19-7-8-20-9-12-24(21,22)13-10-20;/h15H,4-14H2,1-3H3,(H2,17,18,19);1H. The first kappa shape index (κ1) is 24.9. The zero-order valence-electron chi connectivity index (χ0n) is 15.8. The van der Waals surface area contributed by atoms with Gasteiger partial charge < -0.3 is 15.4 Å². The van der Waals surface area contributed by atoms with Crippen LogP contribution in [0.1, 0.15) is 27.2 Å². The van der Waals surface area contributed by atoms with Gasteiger partial charge in [0.05, 0.1) is 11.5 Å². The molecule has 1 heterocycles. The lowest BCUT2D eigenvalue weighted by Crippen LogP contribution is -2.46. The van der Waals surface area contributed by atoms with Gasteiger partial charge >= 0.3 is 0 Å². The van der Waals surface area contributed by atoms with Crippen molar-refractivity contribution in [3.05, 3.63) is 0 Å². The molecular formula is C16H35IN4O3S. The van der Waals surface area contributed by atoms with Crippen molar-refractivity contribution < 1.29 is 13.2 Å². The summed E-state index contributed by atoms with van der Waals surface area (Å²) < 4.78 is 28.4. The molecule has 0 aromatic rings. The fraction of sp³-hybridized carbons (Fsp3) is 0.938. The third kappa shape index (κ3) is 12.8. The van der Waals surface area contributed by atoms with Gasteiger partial charge in [-0.15, -0.1) is 24.0 Å². The van der Waals surface area contributed by atoms with Gasteiger partial charge in [0.25, 0.3) is 0 Å². The summed E-state index contributed by atoms with van der Waals surface area (Å²) in [5, 5.41) is 6.53. The fourth-order valence-corrected chi connectivity index (χ4v) is 3.60. The van der Waals surface area contributed by atoms with Gasteiger partial charge in [-0.05, 0) is 19.3 Å². The number of hydrogen-bond donors (Lipinski definition) is 2. The topological polar surface area (TPSA) is 83.0 Å². The molecule has 0 amide bonds. The molecule has 150 valence electrons. The van der Waals surface area contributed by atoms with E-state index >= 15 is 0 Å². The normalized spacial score (nSPS) is 18.0. The Bertz CT molecular complexity index is 458. The number of aliphatic imine (C=N–C) groups is 1. The van der Waals surface area contributed by atoms with E-state index in [0.717, 1.165) is 51.8 Å². The molecule has 0 atom stereocenters. The average Bonchev–Trinajstić information content (AvgIpc) is 2.52. The van der Waals surface area contributed by atoms with Crippen molar-refractivity contribution in [2.24, 2.45) is 10.9 Å². The van der Waals surface area contributed by atoms with E-state index in [9.17, 15) is 8.42 Å². The molecule has 1 aliphatic rings. The van der Waals surface area contributed by atoms with Crippen molar-refractivity contribution >= 4 is 39.8 Å². The minimum Gasteiger partial charge on any atom is -0.381 e. The van der Waals surface area contributed by atoms with Gasteiger partial charge in [-0.3, -0.25) is 9.89 Å². The van der Waals surface area contributed by atoms with E-state index in [1.807, 2.05) is 6.92 Å². The first-order valence-electron chi connectivity index (χ1n) is 8.95. The molecular weight excluding hydrogens is 455 g/mol. The Balaban J connectivity index is 0.00000576. The molecule has 0 aliphatic carbocycles. The predicted molar refractivity (Wildman–Crippen MR) is 115 cm³/mol. The number of rotatable bonds is 10. The number of ether oxygens (including phenoxy) is 1. The molecule has 9 heteroatoms. The maximum absolute atomic E-state index is 11.4. The highest BCUT2D eigenvalue weighted by atomic mass is 127. The van der Waals surface area contributed by atoms with E-state index in [1.165, 1.54) is 0 Å². The first-order chi connectivity index (χ1) is 11.4. The van der Waals surface area contributed by atoms with Crippen LogP contribution in [-0.4, -0.2) is 83.3 Å². The van der Waals surface area contributed by atoms with Crippen LogP contribution in [0.5, 0.6) is 0 Å². The molecule has 0 spiro atoms. The van der Waals surface area contributed by atoms with Crippen LogP contribution in [0.3, 0.4) is 0 Å². The number of guanidine groups is 1. The number of nitrogens with zero attached hydrogens (tertiary/aromatic N) is 2. The summed E-state index contributed by atoms with van der Waals surface area (Å²) in [5.74, 6) is 1.93. The van der Waals surface area contributed by atoms with Gasteiger partial charge in [0.2, 0.25) is 0 Å². The van der Waals surface area contributed by atoms with Crippen molar-refractivity contribution in [1.29, 1.82) is 0 Å². The molecule has 1 aliphatic heterocycles. The summed E-state index contributed by atoms with van der Waals surface area (Å²) in [5.41, 5.74) is 0. The number of hydrogen-bond acceptors (Lipinski definition) is 5. The number of nitrogens with one attached hydrogen (secondary N) is 2. The fourth-order valence-electron chi connectivity index (χ4n) is 2.32. The second kappa shape index (κ2) is 14.0. The van der Waals surface area contributed by atoms with E-state index in [-0.39, 0.29) is 35.5 Å². The van der Waals surface area contributed by atoms with Crippen LogP contribution >= 0.6 is 24.0 Å². The average molecular weight is 490 g/mol. The number of halogens is 1. The molecule has 1 saturated heterocycles. The number of sulfone groups is 1. The molecule has 1 rings (SSSR count). The molecule has 0 bridgehead atoms. The molecule has 0 aromatic heterocycles. The third-order valence-electron chi connectivity index (χ3n) is 3.67. The highest BCUT2D eigenvalue weighted by molar-refractivity contribution is 14.0. The van der Waals surface area contributed by atoms with E-state index in [1.54, 1.807) is 0 Å². The van der Waals surface area contributed by atoms with Gasteiger partial charge in [-0.2, -0.15) is 0 Å². The molecule has 0 radical (unpaired) electrons. The molecule has 0 saturated carbocycles. The van der Waals surface area contributed by atoms with Gasteiger partial charge in [0.1, 0.15) is 0 Å². The molecule has 2 N–H and O–H groups in total. The largest absolute Gasteiger partial charge is 0.381 e. The summed E-state index contributed by atoms with van der Waals surface area (Å²) >= 11 is 0. The SMILES string of the molecule is CCNC(=NCCCOCC(C)C)NCCN1CCS(=O)(=O)CC1.I. The molecule has 0 unspecified atom stereocenters. The van der Waals surface area contributed by atoms with Crippen molar-refractivity contribution in [3.63, 3.8) is 0 Å². The van der Waals surface area contributed by atoms with E-state index < -0.39 is 9.84 Å². The Labute approximate surface area is 170 Å². The lowest BCUT2D eigenvalue weighted by Gasteiger charge is -2.26. The van der Waals surface area contributed by atoms with Crippen molar-refractivity contribution in [2.75, 3.05) is 64.0 Å². The highest BCUT2D eigenvalue weighted by Crippen LogP contribution is 2.02. The van der Waals surface area contributed by atoms with E-state index in [4.69, 9.17) is 4.74 Å². The lowest BCUT2D eigenvalue weighted by molar-refractivity contribution is 0.109. The van der Waals surface area contributed by atoms with Crippen LogP contribution in [0.4, 0.5) is 0 Å². The van der Waals surface area contributed by atoms with E-state index in [0.29, 0.717) is 19.0 Å². The van der Waals surface area contributed by atoms with Crippen molar-refractivity contribution in [3.8, 4) is 0 Å². The second-order valence-electron chi connectivity index (χ2n) is 6.50.